The van der Waals surface area contributed by atoms with Crippen LogP contribution in [-0.4, -0.2) is 20.9 Å². The van der Waals surface area contributed by atoms with Gasteiger partial charge in [-0.15, -0.1) is 0 Å². The number of alkyl halides is 3. The van der Waals surface area contributed by atoms with Gasteiger partial charge in [0.1, 0.15) is 0 Å². The number of nitrogens with two attached hydrogens (primary N) is 1. The van der Waals surface area contributed by atoms with Gasteiger partial charge in [0.25, 0.3) is 0 Å². The molecule has 0 saturated carbocycles. The van der Waals surface area contributed by atoms with E-state index in [1.165, 1.54) is 16.9 Å². The molecule has 2 N–H and O–H groups in total. The topological polar surface area (TPSA) is 69.1 Å². The number of benzene rings is 1. The number of nitrogen functional groups attached to an aromatic ring is 1. The van der Waals surface area contributed by atoms with Crippen LogP contribution in [0, 0.1) is 6.92 Å². The Morgan fingerprint density at radius 2 is 1.88 bits per heavy atom. The number of hydrogen-bond donors (Lipinski definition) is 1. The van der Waals surface area contributed by atoms with Crippen molar-refractivity contribution in [1.29, 1.82) is 0 Å². The first-order valence-corrected chi connectivity index (χ1v) is 7.33. The van der Waals surface area contributed by atoms with Gasteiger partial charge in [0.2, 0.25) is 5.95 Å². The third kappa shape index (κ3) is 3.68. The first-order chi connectivity index (χ1) is 11.8. The largest absolute Gasteiger partial charge is 0.418 e. The quantitative estimate of drug-likeness (QED) is 0.735. The third-order valence-electron chi connectivity index (χ3n) is 3.46. The number of halogens is 3. The second kappa shape index (κ2) is 6.39. The van der Waals surface area contributed by atoms with E-state index in [-0.39, 0.29) is 11.6 Å². The molecule has 2 heterocycles. The average molecular weight is 345 g/mol. The summed E-state index contributed by atoms with van der Waals surface area (Å²) in [6, 6.07) is 8.75. The van der Waals surface area contributed by atoms with Crippen molar-refractivity contribution in [2.24, 2.45) is 5.10 Å². The molecule has 0 spiro atoms. The molecular formula is C17H14F3N5. The number of imidazole rings is 1. The predicted octanol–water partition coefficient (Wildman–Crippen LogP) is 3.74. The lowest BCUT2D eigenvalue weighted by molar-refractivity contribution is -0.137. The minimum atomic E-state index is -4.46. The Labute approximate surface area is 141 Å². The van der Waals surface area contributed by atoms with E-state index < -0.39 is 11.7 Å². The lowest BCUT2D eigenvalue weighted by atomic mass is 10.0. The molecule has 8 heteroatoms. The van der Waals surface area contributed by atoms with Crippen LogP contribution in [0.1, 0.15) is 16.8 Å². The second-order valence-corrected chi connectivity index (χ2v) is 5.35. The highest BCUT2D eigenvalue weighted by atomic mass is 19.4. The van der Waals surface area contributed by atoms with E-state index in [9.17, 15) is 13.2 Å². The number of pyridine rings is 1. The molecule has 0 bridgehead atoms. The van der Waals surface area contributed by atoms with Gasteiger partial charge >= 0.3 is 6.18 Å². The average Bonchev–Trinajstić information content (AvgIpc) is 2.90. The molecule has 3 rings (SSSR count). The van der Waals surface area contributed by atoms with Crippen molar-refractivity contribution in [3.8, 4) is 11.3 Å². The summed E-state index contributed by atoms with van der Waals surface area (Å²) in [5, 5.41) is 4.16. The van der Waals surface area contributed by atoms with Crippen molar-refractivity contribution < 1.29 is 13.2 Å². The number of aryl methyl sites for hydroxylation is 1. The maximum Gasteiger partial charge on any atom is 0.418 e. The zero-order valence-corrected chi connectivity index (χ0v) is 13.2. The lowest BCUT2D eigenvalue weighted by Crippen LogP contribution is -2.08. The number of nitrogens with zero attached hydrogens (tertiary/aromatic N) is 4. The van der Waals surface area contributed by atoms with Crippen LogP contribution in [0.4, 0.5) is 19.1 Å². The van der Waals surface area contributed by atoms with E-state index in [4.69, 9.17) is 5.73 Å². The summed E-state index contributed by atoms with van der Waals surface area (Å²) in [5.74, 6) is 0.258. The summed E-state index contributed by atoms with van der Waals surface area (Å²) in [6.07, 6.45) is 0.0959. The number of anilines is 1. The maximum absolute atomic E-state index is 13.1. The molecule has 3 aromatic rings. The Morgan fingerprint density at radius 3 is 2.48 bits per heavy atom. The fraction of sp³-hybridized carbons (Fsp3) is 0.118. The Hall–Kier alpha value is -3.16. The van der Waals surface area contributed by atoms with Gasteiger partial charge in [-0.2, -0.15) is 18.3 Å². The Bertz CT molecular complexity index is 911. The Morgan fingerprint density at radius 1 is 1.16 bits per heavy atom. The third-order valence-corrected chi connectivity index (χ3v) is 3.46. The minimum Gasteiger partial charge on any atom is -0.368 e. The zero-order valence-electron chi connectivity index (χ0n) is 13.2. The molecule has 25 heavy (non-hydrogen) atoms. The van der Waals surface area contributed by atoms with Crippen molar-refractivity contribution in [2.75, 3.05) is 5.73 Å². The SMILES string of the molecule is Cc1cn(N=Cc2ccc(-c3ncccc3C(F)(F)F)cc2)c(N)n1. The fourth-order valence-corrected chi connectivity index (χ4v) is 2.32. The predicted molar refractivity (Wildman–Crippen MR) is 89.0 cm³/mol. The van der Waals surface area contributed by atoms with Crippen LogP contribution < -0.4 is 5.73 Å². The maximum atomic E-state index is 13.1. The summed E-state index contributed by atoms with van der Waals surface area (Å²) in [5.41, 5.74) is 6.64. The van der Waals surface area contributed by atoms with E-state index in [0.29, 0.717) is 11.1 Å². The van der Waals surface area contributed by atoms with Crippen molar-refractivity contribution in [3.63, 3.8) is 0 Å². The summed E-state index contributed by atoms with van der Waals surface area (Å²) >= 11 is 0. The highest BCUT2D eigenvalue weighted by Gasteiger charge is 2.34. The van der Waals surface area contributed by atoms with Crippen LogP contribution in [0.3, 0.4) is 0 Å². The highest BCUT2D eigenvalue weighted by Crippen LogP contribution is 2.35. The molecule has 0 fully saturated rings. The molecule has 5 nitrogen and oxygen atoms in total. The number of hydrogen-bond acceptors (Lipinski definition) is 4. The molecule has 0 aliphatic rings. The van der Waals surface area contributed by atoms with E-state index in [1.807, 2.05) is 0 Å². The van der Waals surface area contributed by atoms with Gasteiger partial charge in [-0.05, 0) is 24.6 Å². The monoisotopic (exact) mass is 345 g/mol. The van der Waals surface area contributed by atoms with Gasteiger partial charge in [-0.25, -0.2) is 9.66 Å². The summed E-state index contributed by atoms with van der Waals surface area (Å²) in [6.45, 7) is 1.79. The molecule has 0 saturated heterocycles. The Kier molecular flexibility index (Phi) is 4.26. The van der Waals surface area contributed by atoms with Crippen LogP contribution >= 0.6 is 0 Å². The minimum absolute atomic E-state index is 0.104. The molecule has 0 aliphatic heterocycles. The summed E-state index contributed by atoms with van der Waals surface area (Å²) in [7, 11) is 0. The second-order valence-electron chi connectivity index (χ2n) is 5.35. The van der Waals surface area contributed by atoms with E-state index >= 15 is 0 Å². The zero-order chi connectivity index (χ0) is 18.0. The van der Waals surface area contributed by atoms with Crippen LogP contribution in [-0.2, 0) is 6.18 Å². The molecular weight excluding hydrogens is 331 g/mol. The fourth-order valence-electron chi connectivity index (χ4n) is 2.32. The van der Waals surface area contributed by atoms with Gasteiger partial charge in [-0.1, -0.05) is 24.3 Å². The van der Waals surface area contributed by atoms with Crippen molar-refractivity contribution in [1.82, 2.24) is 14.6 Å². The van der Waals surface area contributed by atoms with E-state index in [0.717, 1.165) is 11.8 Å². The normalized spacial score (nSPS) is 12.0. The van der Waals surface area contributed by atoms with Crippen molar-refractivity contribution in [2.45, 2.75) is 13.1 Å². The van der Waals surface area contributed by atoms with Crippen LogP contribution in [0.15, 0.2) is 53.9 Å². The van der Waals surface area contributed by atoms with Gasteiger partial charge in [0.05, 0.1) is 29.4 Å². The highest BCUT2D eigenvalue weighted by molar-refractivity contribution is 5.81. The molecule has 1 aromatic carbocycles. The first kappa shape index (κ1) is 16.7. The van der Waals surface area contributed by atoms with Gasteiger partial charge in [0, 0.05) is 11.8 Å². The Balaban J connectivity index is 1.88. The molecule has 128 valence electrons. The van der Waals surface area contributed by atoms with Crippen molar-refractivity contribution in [3.05, 3.63) is 65.6 Å². The first-order valence-electron chi connectivity index (χ1n) is 7.33. The molecule has 2 aromatic heterocycles. The van der Waals surface area contributed by atoms with Crippen molar-refractivity contribution >= 4 is 12.2 Å². The molecule has 0 aliphatic carbocycles. The summed E-state index contributed by atoms with van der Waals surface area (Å²) in [4.78, 5) is 7.89. The van der Waals surface area contributed by atoms with Crippen LogP contribution in [0.5, 0.6) is 0 Å². The van der Waals surface area contributed by atoms with Gasteiger partial charge < -0.3 is 5.73 Å². The smallest absolute Gasteiger partial charge is 0.368 e. The standard InChI is InChI=1S/C17H14F3N5/c1-11-10-25(16(21)24-11)23-9-12-4-6-13(7-5-12)15-14(17(18,19)20)3-2-8-22-15/h2-10H,1H3,(H2,21,24). The lowest BCUT2D eigenvalue weighted by Gasteiger charge is -2.11. The molecule has 0 radical (unpaired) electrons. The molecule has 0 amide bonds. The molecule has 0 unspecified atom stereocenters. The van der Waals surface area contributed by atoms with Gasteiger partial charge in [0.15, 0.2) is 0 Å². The van der Waals surface area contributed by atoms with E-state index in [1.54, 1.807) is 43.6 Å². The number of rotatable bonds is 3. The van der Waals surface area contributed by atoms with Crippen LogP contribution in [0.25, 0.3) is 11.3 Å². The summed E-state index contributed by atoms with van der Waals surface area (Å²) < 4.78 is 40.7. The number of aromatic nitrogens is 3. The van der Waals surface area contributed by atoms with E-state index in [2.05, 4.69) is 15.1 Å². The van der Waals surface area contributed by atoms with Gasteiger partial charge in [-0.3, -0.25) is 4.98 Å². The molecule has 0 atom stereocenters. The van der Waals surface area contributed by atoms with Crippen LogP contribution in [0.2, 0.25) is 0 Å².